The number of hydrogen-bond donors (Lipinski definition) is 0. The van der Waals surface area contributed by atoms with Gasteiger partial charge in [0.1, 0.15) is 0 Å². The molecule has 0 heterocycles. The van der Waals surface area contributed by atoms with E-state index in [-0.39, 0.29) is 22.8 Å². The first-order valence-electron chi connectivity index (χ1n) is 6.83. The van der Waals surface area contributed by atoms with E-state index in [0.717, 1.165) is 0 Å². The molecule has 1 aromatic rings. The van der Waals surface area contributed by atoms with Crippen LogP contribution in [0, 0.1) is 5.41 Å². The SMILES string of the molecule is CON(C)S(=O)(=O)c1ccc(C(=O)OCC(=O)C(C)(C)C)cc1. The Morgan fingerprint density at radius 3 is 2.09 bits per heavy atom. The average Bonchev–Trinajstić information content (AvgIpc) is 2.50. The fraction of sp³-hybridized carbons (Fsp3) is 0.467. The van der Waals surface area contributed by atoms with Crippen molar-refractivity contribution in [3.63, 3.8) is 0 Å². The number of esters is 1. The first-order chi connectivity index (χ1) is 10.5. The third-order valence-corrected chi connectivity index (χ3v) is 4.85. The van der Waals surface area contributed by atoms with Gasteiger partial charge in [0.15, 0.2) is 12.4 Å². The predicted octanol–water partition coefficient (Wildman–Crippen LogP) is 1.64. The fourth-order valence-corrected chi connectivity index (χ4v) is 2.41. The molecule has 8 heteroatoms. The van der Waals surface area contributed by atoms with Crippen LogP contribution in [0.25, 0.3) is 0 Å². The summed E-state index contributed by atoms with van der Waals surface area (Å²) in [6, 6.07) is 5.18. The Morgan fingerprint density at radius 1 is 1.13 bits per heavy atom. The second kappa shape index (κ2) is 7.20. The number of hydrogen-bond acceptors (Lipinski definition) is 6. The van der Waals surface area contributed by atoms with Gasteiger partial charge in [0.05, 0.1) is 17.6 Å². The highest BCUT2D eigenvalue weighted by Gasteiger charge is 2.24. The molecule has 0 bridgehead atoms. The molecule has 1 aromatic carbocycles. The van der Waals surface area contributed by atoms with Crippen LogP contribution in [0.3, 0.4) is 0 Å². The van der Waals surface area contributed by atoms with E-state index < -0.39 is 21.4 Å². The van der Waals surface area contributed by atoms with E-state index in [1.807, 2.05) is 0 Å². The summed E-state index contributed by atoms with van der Waals surface area (Å²) in [5, 5.41) is 0. The maximum Gasteiger partial charge on any atom is 0.338 e. The second-order valence-corrected chi connectivity index (χ2v) is 7.81. The Morgan fingerprint density at radius 2 is 1.65 bits per heavy atom. The molecule has 0 spiro atoms. The number of ketones is 1. The molecule has 0 saturated heterocycles. The first kappa shape index (κ1) is 19.3. The van der Waals surface area contributed by atoms with Gasteiger partial charge in [-0.3, -0.25) is 9.63 Å². The van der Waals surface area contributed by atoms with Gasteiger partial charge in [-0.25, -0.2) is 13.2 Å². The second-order valence-electron chi connectivity index (χ2n) is 5.87. The molecule has 0 aliphatic rings. The third kappa shape index (κ3) is 4.85. The Labute approximate surface area is 136 Å². The van der Waals surface area contributed by atoms with E-state index in [0.29, 0.717) is 4.47 Å². The molecular formula is C15H21NO6S. The van der Waals surface area contributed by atoms with Gasteiger partial charge in [-0.1, -0.05) is 25.2 Å². The minimum atomic E-state index is -3.77. The van der Waals surface area contributed by atoms with Gasteiger partial charge in [-0.05, 0) is 24.3 Å². The van der Waals surface area contributed by atoms with Crippen LogP contribution >= 0.6 is 0 Å². The van der Waals surface area contributed by atoms with Gasteiger partial charge >= 0.3 is 5.97 Å². The summed E-state index contributed by atoms with van der Waals surface area (Å²) in [5.74, 6) is -0.890. The van der Waals surface area contributed by atoms with Gasteiger partial charge in [-0.2, -0.15) is 0 Å². The predicted molar refractivity (Wildman–Crippen MR) is 83.1 cm³/mol. The lowest BCUT2D eigenvalue weighted by molar-refractivity contribution is -0.129. The van der Waals surface area contributed by atoms with Crippen LogP contribution in [0.2, 0.25) is 0 Å². The molecule has 0 amide bonds. The number of rotatable bonds is 6. The van der Waals surface area contributed by atoms with E-state index in [2.05, 4.69) is 4.84 Å². The zero-order chi connectivity index (χ0) is 17.8. The molecule has 23 heavy (non-hydrogen) atoms. The zero-order valence-corrected chi connectivity index (χ0v) is 14.6. The molecule has 0 aromatic heterocycles. The van der Waals surface area contributed by atoms with Crippen molar-refractivity contribution in [1.82, 2.24) is 4.47 Å². The van der Waals surface area contributed by atoms with Gasteiger partial charge in [0, 0.05) is 12.5 Å². The Kier molecular flexibility index (Phi) is 6.04. The number of carbonyl (C=O) groups is 2. The monoisotopic (exact) mass is 343 g/mol. The van der Waals surface area contributed by atoms with Gasteiger partial charge in [-0.15, -0.1) is 0 Å². The first-order valence-corrected chi connectivity index (χ1v) is 8.27. The molecule has 0 N–H and O–H groups in total. The van der Waals surface area contributed by atoms with Crippen LogP contribution in [0.1, 0.15) is 31.1 Å². The Hall–Kier alpha value is -1.77. The summed E-state index contributed by atoms with van der Waals surface area (Å²) >= 11 is 0. The number of carbonyl (C=O) groups excluding carboxylic acids is 2. The zero-order valence-electron chi connectivity index (χ0n) is 13.8. The molecule has 0 aliphatic carbocycles. The normalized spacial score (nSPS) is 12.3. The van der Waals surface area contributed by atoms with Crippen molar-refractivity contribution in [2.45, 2.75) is 25.7 Å². The molecule has 0 saturated carbocycles. The van der Waals surface area contributed by atoms with Crippen molar-refractivity contribution in [2.24, 2.45) is 5.41 Å². The minimum Gasteiger partial charge on any atom is -0.454 e. The number of nitrogens with zero attached hydrogens (tertiary/aromatic N) is 1. The summed E-state index contributed by atoms with van der Waals surface area (Å²) in [7, 11) is -1.28. The number of sulfonamides is 1. The van der Waals surface area contributed by atoms with Crippen LogP contribution in [0.4, 0.5) is 0 Å². The van der Waals surface area contributed by atoms with Gasteiger partial charge < -0.3 is 4.74 Å². The maximum absolute atomic E-state index is 12.0. The highest BCUT2D eigenvalue weighted by atomic mass is 32.2. The quantitative estimate of drug-likeness (QED) is 0.576. The van der Waals surface area contributed by atoms with Crippen LogP contribution < -0.4 is 0 Å². The molecule has 0 aliphatic heterocycles. The molecule has 0 atom stereocenters. The average molecular weight is 343 g/mol. The lowest BCUT2D eigenvalue weighted by Gasteiger charge is -2.16. The van der Waals surface area contributed by atoms with Crippen molar-refractivity contribution >= 4 is 21.8 Å². The number of Topliss-reactive ketones (excluding diaryl/α,β-unsaturated/α-hetero) is 1. The van der Waals surface area contributed by atoms with Crippen molar-refractivity contribution in [3.8, 4) is 0 Å². The third-order valence-electron chi connectivity index (χ3n) is 3.15. The van der Waals surface area contributed by atoms with E-state index in [4.69, 9.17) is 4.74 Å². The lowest BCUT2D eigenvalue weighted by atomic mass is 9.91. The summed E-state index contributed by atoms with van der Waals surface area (Å²) in [6.45, 7) is 4.87. The lowest BCUT2D eigenvalue weighted by Crippen LogP contribution is -2.26. The van der Waals surface area contributed by atoms with Gasteiger partial charge in [0.25, 0.3) is 10.0 Å². The number of hydroxylamine groups is 1. The molecule has 0 unspecified atom stereocenters. The summed E-state index contributed by atoms with van der Waals surface area (Å²) in [4.78, 5) is 28.2. The number of ether oxygens (including phenoxy) is 1. The molecular weight excluding hydrogens is 322 g/mol. The van der Waals surface area contributed by atoms with Crippen LogP contribution in [0.5, 0.6) is 0 Å². The van der Waals surface area contributed by atoms with Crippen LogP contribution in [0.15, 0.2) is 29.2 Å². The van der Waals surface area contributed by atoms with Crippen molar-refractivity contribution in [1.29, 1.82) is 0 Å². The smallest absolute Gasteiger partial charge is 0.338 e. The summed E-state index contributed by atoms with van der Waals surface area (Å²) in [6.07, 6.45) is 0. The molecule has 0 fully saturated rings. The summed E-state index contributed by atoms with van der Waals surface area (Å²) < 4.78 is 29.7. The van der Waals surface area contributed by atoms with Crippen molar-refractivity contribution in [2.75, 3.05) is 20.8 Å². The Balaban J connectivity index is 2.81. The standard InChI is InChI=1S/C15H21NO6S/c1-15(2,3)13(17)10-22-14(18)11-6-8-12(9-7-11)23(19,20)16(4)21-5/h6-9H,10H2,1-5H3. The largest absolute Gasteiger partial charge is 0.454 e. The topological polar surface area (TPSA) is 90.0 Å². The highest BCUT2D eigenvalue weighted by molar-refractivity contribution is 7.89. The molecule has 1 rings (SSSR count). The van der Waals surface area contributed by atoms with Crippen LogP contribution in [-0.2, 0) is 24.4 Å². The number of benzene rings is 1. The minimum absolute atomic E-state index is 0.0239. The van der Waals surface area contributed by atoms with E-state index in [1.165, 1.54) is 38.4 Å². The molecule has 7 nitrogen and oxygen atoms in total. The van der Waals surface area contributed by atoms with E-state index in [1.54, 1.807) is 20.8 Å². The van der Waals surface area contributed by atoms with Gasteiger partial charge in [0.2, 0.25) is 0 Å². The molecule has 128 valence electrons. The molecule has 0 radical (unpaired) electrons. The van der Waals surface area contributed by atoms with Crippen molar-refractivity contribution < 1.29 is 27.6 Å². The fourth-order valence-electron chi connectivity index (χ4n) is 1.44. The van der Waals surface area contributed by atoms with E-state index >= 15 is 0 Å². The van der Waals surface area contributed by atoms with E-state index in [9.17, 15) is 18.0 Å². The van der Waals surface area contributed by atoms with Crippen LogP contribution in [-0.4, -0.2) is 45.4 Å². The van der Waals surface area contributed by atoms with Crippen molar-refractivity contribution in [3.05, 3.63) is 29.8 Å². The summed E-state index contributed by atoms with van der Waals surface area (Å²) in [5.41, 5.74) is -0.436. The highest BCUT2D eigenvalue weighted by Crippen LogP contribution is 2.17. The Bertz CT molecular complexity index is 673. The maximum atomic E-state index is 12.0.